The number of rotatable bonds is 7. The number of guanidine groups is 1. The molecule has 1 aliphatic heterocycles. The number of ether oxygens (including phenoxy) is 1. The van der Waals surface area contributed by atoms with Crippen LogP contribution in [0.5, 0.6) is 0 Å². The fraction of sp³-hybridized carbons (Fsp3) is 0.611. The van der Waals surface area contributed by atoms with Crippen molar-refractivity contribution in [3.05, 3.63) is 29.8 Å². The van der Waals surface area contributed by atoms with E-state index in [1.165, 1.54) is 20.0 Å². The Labute approximate surface area is 156 Å². The van der Waals surface area contributed by atoms with Crippen molar-refractivity contribution < 1.29 is 13.2 Å². The van der Waals surface area contributed by atoms with Gasteiger partial charge in [-0.2, -0.15) is 0 Å². The maximum atomic E-state index is 12.2. The summed E-state index contributed by atoms with van der Waals surface area (Å²) in [6, 6.07) is 6.89. The van der Waals surface area contributed by atoms with Crippen molar-refractivity contribution in [2.24, 2.45) is 10.9 Å². The minimum absolute atomic E-state index is 0.256. The summed E-state index contributed by atoms with van der Waals surface area (Å²) in [5, 5.41) is 3.36. The first kappa shape index (κ1) is 20.7. The predicted octanol–water partition coefficient (Wildman–Crippen LogP) is 1.42. The zero-order valence-corrected chi connectivity index (χ0v) is 16.7. The van der Waals surface area contributed by atoms with Crippen molar-refractivity contribution >= 4 is 16.0 Å². The summed E-state index contributed by atoms with van der Waals surface area (Å²) in [5.74, 6) is 1.67. The van der Waals surface area contributed by atoms with Gasteiger partial charge in [-0.1, -0.05) is 19.1 Å². The van der Waals surface area contributed by atoms with Crippen LogP contribution in [0, 0.1) is 5.92 Å². The van der Waals surface area contributed by atoms with Crippen LogP contribution in [0.15, 0.2) is 34.2 Å². The molecule has 1 aromatic carbocycles. The van der Waals surface area contributed by atoms with Gasteiger partial charge in [-0.05, 0) is 36.5 Å². The molecule has 0 radical (unpaired) electrons. The van der Waals surface area contributed by atoms with Gasteiger partial charge in [-0.25, -0.2) is 13.1 Å². The van der Waals surface area contributed by atoms with Gasteiger partial charge in [-0.15, -0.1) is 0 Å². The van der Waals surface area contributed by atoms with E-state index in [9.17, 15) is 8.42 Å². The summed E-state index contributed by atoms with van der Waals surface area (Å²) in [6.45, 7) is 5.53. The van der Waals surface area contributed by atoms with Crippen LogP contribution in [0.1, 0.15) is 25.3 Å². The van der Waals surface area contributed by atoms with Crippen LogP contribution < -0.4 is 10.0 Å². The van der Waals surface area contributed by atoms with Gasteiger partial charge in [0.1, 0.15) is 0 Å². The quantitative estimate of drug-likeness (QED) is 0.423. The van der Waals surface area contributed by atoms with Gasteiger partial charge < -0.3 is 15.0 Å². The average molecular weight is 383 g/mol. The number of aliphatic imine (C=N–C) groups is 1. The summed E-state index contributed by atoms with van der Waals surface area (Å²) in [7, 11) is -0.160. The molecule has 1 aromatic rings. The lowest BCUT2D eigenvalue weighted by Crippen LogP contribution is -2.45. The molecule has 146 valence electrons. The summed E-state index contributed by atoms with van der Waals surface area (Å²) in [5.41, 5.74) is 1.01. The first-order chi connectivity index (χ1) is 12.5. The third-order valence-electron chi connectivity index (χ3n) is 4.58. The molecule has 1 aliphatic rings. The smallest absolute Gasteiger partial charge is 0.240 e. The molecule has 1 heterocycles. The van der Waals surface area contributed by atoms with Gasteiger partial charge in [0, 0.05) is 40.3 Å². The SMILES string of the molecule is CN=C(NCc1ccc(S(=O)(=O)NCCOC)cc1)N1CCC(C)CC1. The lowest BCUT2D eigenvalue weighted by atomic mass is 10.00. The van der Waals surface area contributed by atoms with E-state index >= 15 is 0 Å². The van der Waals surface area contributed by atoms with Crippen LogP contribution >= 0.6 is 0 Å². The maximum Gasteiger partial charge on any atom is 0.240 e. The zero-order chi connectivity index (χ0) is 19.0. The number of nitrogens with one attached hydrogen (secondary N) is 2. The molecule has 8 heteroatoms. The highest BCUT2D eigenvalue weighted by Crippen LogP contribution is 2.16. The number of hydrogen-bond donors (Lipinski definition) is 2. The normalized spacial score (nSPS) is 16.7. The number of sulfonamides is 1. The topological polar surface area (TPSA) is 83.0 Å². The molecule has 0 amide bonds. The minimum Gasteiger partial charge on any atom is -0.383 e. The summed E-state index contributed by atoms with van der Waals surface area (Å²) in [4.78, 5) is 6.90. The van der Waals surface area contributed by atoms with Crippen molar-refractivity contribution in [1.29, 1.82) is 0 Å². The van der Waals surface area contributed by atoms with Crippen LogP contribution in [0.25, 0.3) is 0 Å². The fourth-order valence-electron chi connectivity index (χ4n) is 2.88. The van der Waals surface area contributed by atoms with Crippen LogP contribution in [0.4, 0.5) is 0 Å². The Balaban J connectivity index is 1.90. The highest BCUT2D eigenvalue weighted by atomic mass is 32.2. The first-order valence-corrected chi connectivity index (χ1v) is 10.5. The zero-order valence-electron chi connectivity index (χ0n) is 15.9. The molecule has 0 atom stereocenters. The van der Waals surface area contributed by atoms with Crippen molar-refractivity contribution in [3.63, 3.8) is 0 Å². The van der Waals surface area contributed by atoms with Gasteiger partial charge in [0.05, 0.1) is 11.5 Å². The standard InChI is InChI=1S/C18H30N4O3S/c1-15-8-11-22(12-9-15)18(19-2)20-14-16-4-6-17(7-5-16)26(23,24)21-10-13-25-3/h4-7,15,21H,8-14H2,1-3H3,(H,19,20). The highest BCUT2D eigenvalue weighted by molar-refractivity contribution is 7.89. The Morgan fingerprint density at radius 2 is 1.92 bits per heavy atom. The van der Waals surface area contributed by atoms with E-state index in [4.69, 9.17) is 4.74 Å². The molecule has 1 saturated heterocycles. The van der Waals surface area contributed by atoms with Crippen LogP contribution in [0.3, 0.4) is 0 Å². The van der Waals surface area contributed by atoms with Crippen molar-refractivity contribution in [1.82, 2.24) is 14.9 Å². The molecule has 0 bridgehead atoms. The van der Waals surface area contributed by atoms with Crippen LogP contribution in [-0.4, -0.2) is 59.7 Å². The van der Waals surface area contributed by atoms with E-state index in [1.54, 1.807) is 19.2 Å². The molecule has 2 rings (SSSR count). The molecule has 26 heavy (non-hydrogen) atoms. The second kappa shape index (κ2) is 9.89. The van der Waals surface area contributed by atoms with Crippen molar-refractivity contribution in [2.75, 3.05) is 40.4 Å². The van der Waals surface area contributed by atoms with E-state index < -0.39 is 10.0 Å². The molecular weight excluding hydrogens is 352 g/mol. The van der Waals surface area contributed by atoms with Gasteiger partial charge in [0.2, 0.25) is 10.0 Å². The molecule has 7 nitrogen and oxygen atoms in total. The number of benzene rings is 1. The second-order valence-electron chi connectivity index (χ2n) is 6.60. The summed E-state index contributed by atoms with van der Waals surface area (Å²) >= 11 is 0. The minimum atomic E-state index is -3.49. The Kier molecular flexibility index (Phi) is 7.86. The van der Waals surface area contributed by atoms with Crippen molar-refractivity contribution in [2.45, 2.75) is 31.2 Å². The lowest BCUT2D eigenvalue weighted by Gasteiger charge is -2.32. The van der Waals surface area contributed by atoms with E-state index in [1.807, 2.05) is 12.1 Å². The maximum absolute atomic E-state index is 12.2. The monoisotopic (exact) mass is 382 g/mol. The van der Waals surface area contributed by atoms with E-state index in [-0.39, 0.29) is 11.4 Å². The fourth-order valence-corrected chi connectivity index (χ4v) is 3.89. The Morgan fingerprint density at radius 3 is 2.50 bits per heavy atom. The molecule has 2 N–H and O–H groups in total. The third kappa shape index (κ3) is 5.96. The average Bonchev–Trinajstić information content (AvgIpc) is 2.64. The molecule has 0 saturated carbocycles. The number of piperidine rings is 1. The number of likely N-dealkylation sites (tertiary alicyclic amines) is 1. The van der Waals surface area contributed by atoms with Crippen LogP contribution in [-0.2, 0) is 21.3 Å². The highest BCUT2D eigenvalue weighted by Gasteiger charge is 2.18. The van der Waals surface area contributed by atoms with E-state index in [0.717, 1.165) is 30.5 Å². The molecular formula is C18H30N4O3S. The van der Waals surface area contributed by atoms with Gasteiger partial charge >= 0.3 is 0 Å². The van der Waals surface area contributed by atoms with E-state index in [0.29, 0.717) is 13.2 Å². The van der Waals surface area contributed by atoms with Gasteiger partial charge in [-0.3, -0.25) is 4.99 Å². The van der Waals surface area contributed by atoms with Gasteiger partial charge in [0.15, 0.2) is 5.96 Å². The first-order valence-electron chi connectivity index (χ1n) is 8.99. The Bertz CT molecular complexity index is 681. The second-order valence-corrected chi connectivity index (χ2v) is 8.37. The Hall–Kier alpha value is -1.64. The largest absolute Gasteiger partial charge is 0.383 e. The molecule has 0 aliphatic carbocycles. The molecule has 1 fully saturated rings. The molecule has 0 unspecified atom stereocenters. The predicted molar refractivity (Wildman–Crippen MR) is 104 cm³/mol. The molecule has 0 aromatic heterocycles. The number of methoxy groups -OCH3 is 1. The number of nitrogens with zero attached hydrogens (tertiary/aromatic N) is 2. The number of hydrogen-bond acceptors (Lipinski definition) is 4. The van der Waals surface area contributed by atoms with Crippen molar-refractivity contribution in [3.8, 4) is 0 Å². The van der Waals surface area contributed by atoms with E-state index in [2.05, 4.69) is 26.9 Å². The Morgan fingerprint density at radius 1 is 1.27 bits per heavy atom. The molecule has 0 spiro atoms. The third-order valence-corrected chi connectivity index (χ3v) is 6.05. The lowest BCUT2D eigenvalue weighted by molar-refractivity contribution is 0.204. The van der Waals surface area contributed by atoms with Crippen LogP contribution in [0.2, 0.25) is 0 Å². The summed E-state index contributed by atoms with van der Waals surface area (Å²) < 4.78 is 31.7. The van der Waals surface area contributed by atoms with Gasteiger partial charge in [0.25, 0.3) is 0 Å². The summed E-state index contributed by atoms with van der Waals surface area (Å²) in [6.07, 6.45) is 2.37.